The molecule has 0 N–H and O–H groups in total. The molecule has 0 atom stereocenters. The molecule has 0 spiro atoms. The smallest absolute Gasteiger partial charge is 0.331 e. The molecule has 0 amide bonds. The van der Waals surface area contributed by atoms with Crippen molar-refractivity contribution in [3.8, 4) is 0 Å². The van der Waals surface area contributed by atoms with E-state index in [0.29, 0.717) is 0 Å². The molecule has 2 rings (SSSR count). The summed E-state index contributed by atoms with van der Waals surface area (Å²) in [6.07, 6.45) is 4.62. The van der Waals surface area contributed by atoms with Gasteiger partial charge in [-0.2, -0.15) is 0 Å². The van der Waals surface area contributed by atoms with Crippen LogP contribution >= 0.6 is 0 Å². The first-order valence-corrected chi connectivity index (χ1v) is 6.20. The van der Waals surface area contributed by atoms with Gasteiger partial charge in [-0.05, 0) is 23.3 Å². The Kier molecular flexibility index (Phi) is 4.50. The number of benzene rings is 1. The lowest BCUT2D eigenvalue weighted by Crippen LogP contribution is -2.14. The zero-order valence-electron chi connectivity index (χ0n) is 11.2. The van der Waals surface area contributed by atoms with E-state index in [4.69, 9.17) is 4.74 Å². The molecule has 4 heteroatoms. The third-order valence-electron chi connectivity index (χ3n) is 2.74. The quantitative estimate of drug-likeness (QED) is 0.631. The molecule has 2 aromatic rings. The minimum absolute atomic E-state index is 0.0891. The van der Waals surface area contributed by atoms with E-state index in [9.17, 15) is 9.59 Å². The number of carbonyl (C=O) groups excluding carboxylic acids is 1. The maximum atomic E-state index is 11.6. The molecular formula is C16H15NO3. The van der Waals surface area contributed by atoms with Crippen LogP contribution in [0.25, 0.3) is 6.08 Å². The zero-order valence-corrected chi connectivity index (χ0v) is 11.2. The van der Waals surface area contributed by atoms with E-state index in [1.54, 1.807) is 25.4 Å². The number of hydrogen-bond acceptors (Lipinski definition) is 3. The molecule has 20 heavy (non-hydrogen) atoms. The summed E-state index contributed by atoms with van der Waals surface area (Å²) in [5.41, 5.74) is 1.62. The number of hydrogen-bond donors (Lipinski definition) is 0. The molecule has 4 nitrogen and oxygen atoms in total. The molecule has 1 heterocycles. The van der Waals surface area contributed by atoms with Crippen LogP contribution in [0, 0.1) is 0 Å². The van der Waals surface area contributed by atoms with Gasteiger partial charge in [0.05, 0.1) is 0 Å². The number of aryl methyl sites for hydroxylation is 1. The summed E-state index contributed by atoms with van der Waals surface area (Å²) in [7, 11) is 1.66. The highest BCUT2D eigenvalue weighted by molar-refractivity contribution is 5.86. The Morgan fingerprint density at radius 1 is 1.20 bits per heavy atom. The van der Waals surface area contributed by atoms with E-state index in [1.165, 1.54) is 16.7 Å². The number of rotatable bonds is 4. The molecule has 0 fully saturated rings. The first kappa shape index (κ1) is 13.8. The minimum Gasteiger partial charge on any atom is -0.458 e. The summed E-state index contributed by atoms with van der Waals surface area (Å²) in [4.78, 5) is 22.8. The fourth-order valence-corrected chi connectivity index (χ4v) is 1.66. The van der Waals surface area contributed by atoms with Crippen molar-refractivity contribution >= 4 is 12.0 Å². The van der Waals surface area contributed by atoms with E-state index in [1.807, 2.05) is 30.3 Å². The molecular weight excluding hydrogens is 254 g/mol. The second kappa shape index (κ2) is 6.52. The summed E-state index contributed by atoms with van der Waals surface area (Å²) < 4.78 is 6.56. The van der Waals surface area contributed by atoms with E-state index in [0.717, 1.165) is 11.1 Å². The van der Waals surface area contributed by atoms with Gasteiger partial charge in [-0.3, -0.25) is 4.79 Å². The van der Waals surface area contributed by atoms with Gasteiger partial charge < -0.3 is 9.30 Å². The van der Waals surface area contributed by atoms with Gasteiger partial charge in [0, 0.05) is 25.4 Å². The van der Waals surface area contributed by atoms with Crippen molar-refractivity contribution < 1.29 is 9.53 Å². The largest absolute Gasteiger partial charge is 0.458 e. The zero-order chi connectivity index (χ0) is 14.4. The Hall–Kier alpha value is -2.62. The summed E-state index contributed by atoms with van der Waals surface area (Å²) in [5.74, 6) is -0.414. The molecule has 0 aliphatic rings. The van der Waals surface area contributed by atoms with Crippen molar-refractivity contribution in [1.82, 2.24) is 4.57 Å². The Morgan fingerprint density at radius 3 is 2.65 bits per heavy atom. The van der Waals surface area contributed by atoms with Crippen LogP contribution in [0.3, 0.4) is 0 Å². The molecule has 0 saturated heterocycles. The van der Waals surface area contributed by atoms with Gasteiger partial charge in [0.1, 0.15) is 6.61 Å². The highest BCUT2D eigenvalue weighted by Gasteiger charge is 1.98. The number of carbonyl (C=O) groups is 1. The van der Waals surface area contributed by atoms with Crippen LogP contribution in [-0.4, -0.2) is 10.5 Å². The van der Waals surface area contributed by atoms with Crippen molar-refractivity contribution in [3.63, 3.8) is 0 Å². The average molecular weight is 269 g/mol. The lowest BCUT2D eigenvalue weighted by molar-refractivity contribution is -0.138. The summed E-state index contributed by atoms with van der Waals surface area (Å²) >= 11 is 0. The molecule has 0 bridgehead atoms. The number of aromatic nitrogens is 1. The Labute approximate surface area is 116 Å². The molecule has 0 aliphatic carbocycles. The molecule has 102 valence electrons. The van der Waals surface area contributed by atoms with Gasteiger partial charge in [-0.15, -0.1) is 0 Å². The number of nitrogens with zero attached hydrogens (tertiary/aromatic N) is 1. The lowest BCUT2D eigenvalue weighted by Gasteiger charge is -2.02. The second-order valence-electron chi connectivity index (χ2n) is 4.34. The monoisotopic (exact) mass is 269 g/mol. The topological polar surface area (TPSA) is 48.3 Å². The lowest BCUT2D eigenvalue weighted by atomic mass is 10.2. The van der Waals surface area contributed by atoms with Gasteiger partial charge >= 0.3 is 5.97 Å². The standard InChI is InChI=1S/C16H15NO3/c1-17-11-13(7-9-15(17)18)8-10-16(19)20-12-14-5-3-2-4-6-14/h2-11H,12H2,1H3/b10-8+. The van der Waals surface area contributed by atoms with Crippen LogP contribution in [0.15, 0.2) is 59.5 Å². The second-order valence-corrected chi connectivity index (χ2v) is 4.34. The SMILES string of the molecule is Cn1cc(/C=C/C(=O)OCc2ccccc2)ccc1=O. The highest BCUT2D eigenvalue weighted by Crippen LogP contribution is 2.02. The van der Waals surface area contributed by atoms with Gasteiger partial charge in [0.2, 0.25) is 5.56 Å². The highest BCUT2D eigenvalue weighted by atomic mass is 16.5. The number of ether oxygens (including phenoxy) is 1. The van der Waals surface area contributed by atoms with Crippen molar-refractivity contribution in [3.05, 3.63) is 76.2 Å². The van der Waals surface area contributed by atoms with Crippen LogP contribution in [0.5, 0.6) is 0 Å². The third-order valence-corrected chi connectivity index (χ3v) is 2.74. The number of esters is 1. The molecule has 0 aliphatic heterocycles. The molecule has 0 saturated carbocycles. The molecule has 0 radical (unpaired) electrons. The fraction of sp³-hybridized carbons (Fsp3) is 0.125. The van der Waals surface area contributed by atoms with Gasteiger partial charge in [-0.25, -0.2) is 4.79 Å². The minimum atomic E-state index is -0.414. The Morgan fingerprint density at radius 2 is 1.95 bits per heavy atom. The van der Waals surface area contributed by atoms with Crippen LogP contribution in [0.2, 0.25) is 0 Å². The van der Waals surface area contributed by atoms with Crippen LogP contribution in [0.1, 0.15) is 11.1 Å². The first-order chi connectivity index (χ1) is 9.65. The molecule has 1 aromatic carbocycles. The van der Waals surface area contributed by atoms with Crippen molar-refractivity contribution in [2.24, 2.45) is 7.05 Å². The van der Waals surface area contributed by atoms with Gasteiger partial charge in [-0.1, -0.05) is 30.3 Å². The molecule has 1 aromatic heterocycles. The van der Waals surface area contributed by atoms with Gasteiger partial charge in [0.15, 0.2) is 0 Å². The van der Waals surface area contributed by atoms with Crippen molar-refractivity contribution in [1.29, 1.82) is 0 Å². The maximum absolute atomic E-state index is 11.6. The predicted octanol–water partition coefficient (Wildman–Crippen LogP) is 2.14. The van der Waals surface area contributed by atoms with Crippen LogP contribution in [-0.2, 0) is 23.2 Å². The third kappa shape index (κ3) is 3.95. The fourth-order valence-electron chi connectivity index (χ4n) is 1.66. The average Bonchev–Trinajstić information content (AvgIpc) is 2.47. The Balaban J connectivity index is 1.92. The normalized spacial score (nSPS) is 10.7. The maximum Gasteiger partial charge on any atom is 0.331 e. The summed E-state index contributed by atoms with van der Waals surface area (Å²) in [6.45, 7) is 0.247. The number of pyridine rings is 1. The first-order valence-electron chi connectivity index (χ1n) is 6.20. The summed E-state index contributed by atoms with van der Waals surface area (Å²) in [6, 6.07) is 12.6. The van der Waals surface area contributed by atoms with E-state index in [2.05, 4.69) is 0 Å². The van der Waals surface area contributed by atoms with E-state index >= 15 is 0 Å². The van der Waals surface area contributed by atoms with Crippen LogP contribution < -0.4 is 5.56 Å². The Bertz CT molecular complexity index is 672. The van der Waals surface area contributed by atoms with E-state index in [-0.39, 0.29) is 12.2 Å². The van der Waals surface area contributed by atoms with E-state index < -0.39 is 5.97 Å². The van der Waals surface area contributed by atoms with Crippen LogP contribution in [0.4, 0.5) is 0 Å². The predicted molar refractivity (Wildman–Crippen MR) is 77.0 cm³/mol. The van der Waals surface area contributed by atoms with Crippen molar-refractivity contribution in [2.75, 3.05) is 0 Å². The van der Waals surface area contributed by atoms with Gasteiger partial charge in [0.25, 0.3) is 0 Å². The van der Waals surface area contributed by atoms with Crippen molar-refractivity contribution in [2.45, 2.75) is 6.61 Å². The summed E-state index contributed by atoms with van der Waals surface area (Å²) in [5, 5.41) is 0. The molecule has 0 unspecified atom stereocenters.